The molecule has 40 heavy (non-hydrogen) atoms. The minimum absolute atomic E-state index is 0.0572. The summed E-state index contributed by atoms with van der Waals surface area (Å²) in [6.45, 7) is 4.78. The van der Waals surface area contributed by atoms with Gasteiger partial charge < -0.3 is 24.1 Å². The highest BCUT2D eigenvalue weighted by Gasteiger charge is 2.48. The number of fused-ring (bicyclic) bond motifs is 2. The molecule has 3 aromatic carbocycles. The highest BCUT2D eigenvalue weighted by molar-refractivity contribution is 7.22. The van der Waals surface area contributed by atoms with Crippen molar-refractivity contribution in [3.8, 4) is 23.0 Å². The molecule has 1 aromatic heterocycles. The fourth-order valence-corrected chi connectivity index (χ4v) is 5.74. The fourth-order valence-electron chi connectivity index (χ4n) is 4.72. The molecular weight excluding hydrogens is 532 g/mol. The standard InChI is InChI=1S/C30H24N2O7S/c1-3-12-37-19-7-4-17(5-8-19)26-25(27(33)18-6-11-22-23(15-18)39-14-13-38-22)28(34)29(35)32(26)30-31-21-10-9-20(36-2)16-24(21)40-30/h3-11,15-16,26,33H,1,12-14H2,2H3. The largest absolute Gasteiger partial charge is 0.507 e. The molecule has 0 saturated carbocycles. The van der Waals surface area contributed by atoms with Gasteiger partial charge in [-0.25, -0.2) is 4.98 Å². The molecule has 9 nitrogen and oxygen atoms in total. The number of thiazole rings is 1. The molecule has 1 fully saturated rings. The van der Waals surface area contributed by atoms with Gasteiger partial charge in [-0.15, -0.1) is 0 Å². The number of ketones is 1. The van der Waals surface area contributed by atoms with Crippen LogP contribution in [-0.4, -0.2) is 48.7 Å². The van der Waals surface area contributed by atoms with E-state index in [1.807, 2.05) is 6.07 Å². The van der Waals surface area contributed by atoms with Gasteiger partial charge in [0.05, 0.1) is 28.9 Å². The molecule has 202 valence electrons. The zero-order valence-electron chi connectivity index (χ0n) is 21.5. The number of Topliss-reactive ketones (excluding diaryl/α,β-unsaturated/α-hetero) is 1. The van der Waals surface area contributed by atoms with Gasteiger partial charge in [-0.2, -0.15) is 0 Å². The summed E-state index contributed by atoms with van der Waals surface area (Å²) in [6, 6.07) is 16.4. The second-order valence-electron chi connectivity index (χ2n) is 9.03. The van der Waals surface area contributed by atoms with Crippen LogP contribution in [0.25, 0.3) is 16.0 Å². The number of anilines is 1. The van der Waals surface area contributed by atoms with Crippen molar-refractivity contribution in [2.24, 2.45) is 0 Å². The van der Waals surface area contributed by atoms with Gasteiger partial charge in [0.25, 0.3) is 5.78 Å². The van der Waals surface area contributed by atoms with Crippen molar-refractivity contribution in [2.75, 3.05) is 31.8 Å². The van der Waals surface area contributed by atoms with Gasteiger partial charge >= 0.3 is 5.91 Å². The molecule has 2 aliphatic rings. The molecule has 1 amide bonds. The number of hydrogen-bond donors (Lipinski definition) is 1. The molecule has 1 N–H and O–H groups in total. The minimum Gasteiger partial charge on any atom is -0.507 e. The Bertz CT molecular complexity index is 1680. The Morgan fingerprint density at radius 1 is 1.07 bits per heavy atom. The molecule has 4 aromatic rings. The molecule has 0 bridgehead atoms. The average molecular weight is 557 g/mol. The van der Waals surface area contributed by atoms with Crippen molar-refractivity contribution < 1.29 is 33.6 Å². The molecule has 0 aliphatic carbocycles. The van der Waals surface area contributed by atoms with Gasteiger partial charge in [0.15, 0.2) is 16.6 Å². The summed E-state index contributed by atoms with van der Waals surface area (Å²) in [4.78, 5) is 33.1. The molecule has 3 heterocycles. The molecule has 2 aliphatic heterocycles. The van der Waals surface area contributed by atoms with Crippen molar-refractivity contribution in [1.82, 2.24) is 4.98 Å². The number of rotatable bonds is 7. The lowest BCUT2D eigenvalue weighted by Gasteiger charge is -2.23. The molecule has 1 unspecified atom stereocenters. The predicted molar refractivity (Wildman–Crippen MR) is 151 cm³/mol. The average Bonchev–Trinajstić information content (AvgIpc) is 3.53. The zero-order valence-corrected chi connectivity index (χ0v) is 22.3. The summed E-state index contributed by atoms with van der Waals surface area (Å²) in [6.07, 6.45) is 1.64. The smallest absolute Gasteiger partial charge is 0.301 e. The number of carbonyl (C=O) groups excluding carboxylic acids is 2. The molecule has 0 spiro atoms. The van der Waals surface area contributed by atoms with E-state index in [9.17, 15) is 14.7 Å². The van der Waals surface area contributed by atoms with Crippen LogP contribution in [0.5, 0.6) is 23.0 Å². The van der Waals surface area contributed by atoms with Crippen LogP contribution in [0.1, 0.15) is 17.2 Å². The van der Waals surface area contributed by atoms with Crippen LogP contribution in [0.4, 0.5) is 5.13 Å². The van der Waals surface area contributed by atoms with Crippen molar-refractivity contribution in [1.29, 1.82) is 0 Å². The second kappa shape index (κ2) is 10.4. The normalized spacial score (nSPS) is 17.7. The van der Waals surface area contributed by atoms with Gasteiger partial charge in [-0.1, -0.05) is 36.1 Å². The third-order valence-electron chi connectivity index (χ3n) is 6.61. The maximum Gasteiger partial charge on any atom is 0.301 e. The topological polar surface area (TPSA) is 107 Å². The zero-order chi connectivity index (χ0) is 27.8. The Hall–Kier alpha value is -4.83. The highest BCUT2D eigenvalue weighted by Crippen LogP contribution is 2.45. The SMILES string of the molecule is C=CCOc1ccc(C2C(=C(O)c3ccc4c(c3)OCCO4)C(=O)C(=O)N2c2nc3ccc(OC)cc3s2)cc1. The van der Waals surface area contributed by atoms with Gasteiger partial charge in [0.2, 0.25) is 0 Å². The summed E-state index contributed by atoms with van der Waals surface area (Å²) in [5.74, 6) is 0.306. The fraction of sp³-hybridized carbons (Fsp3) is 0.167. The van der Waals surface area contributed by atoms with E-state index in [0.29, 0.717) is 64.6 Å². The summed E-state index contributed by atoms with van der Waals surface area (Å²) < 4.78 is 23.0. The summed E-state index contributed by atoms with van der Waals surface area (Å²) in [5, 5.41) is 11.8. The van der Waals surface area contributed by atoms with Crippen LogP contribution >= 0.6 is 11.3 Å². The number of methoxy groups -OCH3 is 1. The third-order valence-corrected chi connectivity index (χ3v) is 7.63. The minimum atomic E-state index is -0.941. The van der Waals surface area contributed by atoms with Crippen molar-refractivity contribution in [3.05, 3.63) is 90.0 Å². The number of ether oxygens (including phenoxy) is 4. The number of carbonyl (C=O) groups is 2. The molecule has 6 rings (SSSR count). The molecule has 10 heteroatoms. The maximum atomic E-state index is 13.6. The van der Waals surface area contributed by atoms with E-state index in [4.69, 9.17) is 18.9 Å². The molecule has 1 atom stereocenters. The molecule has 1 saturated heterocycles. The van der Waals surface area contributed by atoms with Crippen LogP contribution in [0.3, 0.4) is 0 Å². The number of aliphatic hydroxyl groups excluding tert-OH is 1. The monoisotopic (exact) mass is 556 g/mol. The molecule has 0 radical (unpaired) electrons. The Morgan fingerprint density at radius 3 is 2.58 bits per heavy atom. The highest BCUT2D eigenvalue weighted by atomic mass is 32.1. The maximum absolute atomic E-state index is 13.6. The van der Waals surface area contributed by atoms with Gasteiger partial charge in [0.1, 0.15) is 37.1 Å². The lowest BCUT2D eigenvalue weighted by molar-refractivity contribution is -0.132. The Morgan fingerprint density at radius 2 is 1.82 bits per heavy atom. The first-order chi connectivity index (χ1) is 19.5. The lowest BCUT2D eigenvalue weighted by atomic mass is 9.95. The van der Waals surface area contributed by atoms with Crippen molar-refractivity contribution in [3.63, 3.8) is 0 Å². The molecular formula is C30H24N2O7S. The van der Waals surface area contributed by atoms with E-state index in [1.54, 1.807) is 67.8 Å². The lowest BCUT2D eigenvalue weighted by Crippen LogP contribution is -2.29. The number of aromatic nitrogens is 1. The van der Waals surface area contributed by atoms with Crippen molar-refractivity contribution in [2.45, 2.75) is 6.04 Å². The third kappa shape index (κ3) is 4.42. The summed E-state index contributed by atoms with van der Waals surface area (Å²) >= 11 is 1.26. The van der Waals surface area contributed by atoms with E-state index >= 15 is 0 Å². The Kier molecular flexibility index (Phi) is 6.61. The first-order valence-electron chi connectivity index (χ1n) is 12.5. The van der Waals surface area contributed by atoms with E-state index in [1.165, 1.54) is 16.2 Å². The number of benzene rings is 3. The van der Waals surface area contributed by atoms with Crippen LogP contribution in [0.15, 0.2) is 78.9 Å². The predicted octanol–water partition coefficient (Wildman–Crippen LogP) is 5.27. The van der Waals surface area contributed by atoms with Gasteiger partial charge in [-0.3, -0.25) is 14.5 Å². The van der Waals surface area contributed by atoms with Crippen LogP contribution < -0.4 is 23.8 Å². The van der Waals surface area contributed by atoms with Gasteiger partial charge in [0, 0.05) is 5.56 Å². The van der Waals surface area contributed by atoms with Crippen LogP contribution in [-0.2, 0) is 9.59 Å². The quantitative estimate of drug-likeness (QED) is 0.142. The van der Waals surface area contributed by atoms with Crippen LogP contribution in [0.2, 0.25) is 0 Å². The Balaban J connectivity index is 1.50. The second-order valence-corrected chi connectivity index (χ2v) is 10.0. The summed E-state index contributed by atoms with van der Waals surface area (Å²) in [7, 11) is 1.57. The number of aliphatic hydroxyl groups is 1. The van der Waals surface area contributed by atoms with E-state index in [0.717, 1.165) is 4.70 Å². The van der Waals surface area contributed by atoms with E-state index < -0.39 is 17.7 Å². The van der Waals surface area contributed by atoms with Gasteiger partial charge in [-0.05, 0) is 54.1 Å². The van der Waals surface area contributed by atoms with Crippen LogP contribution in [0, 0.1) is 0 Å². The number of amides is 1. The van der Waals surface area contributed by atoms with Crippen molar-refractivity contribution >= 4 is 44.1 Å². The number of hydrogen-bond acceptors (Lipinski definition) is 9. The first-order valence-corrected chi connectivity index (χ1v) is 13.3. The summed E-state index contributed by atoms with van der Waals surface area (Å²) in [5.41, 5.74) is 1.52. The van der Waals surface area contributed by atoms with E-state index in [2.05, 4.69) is 11.6 Å². The number of nitrogens with zero attached hydrogens (tertiary/aromatic N) is 2. The Labute approximate surface area is 233 Å². The first kappa shape index (κ1) is 25.4. The van der Waals surface area contributed by atoms with E-state index in [-0.39, 0.29) is 11.3 Å².